The van der Waals surface area contributed by atoms with E-state index < -0.39 is 20.1 Å². The SMILES string of the molecule is CC(C)(C)[Si](C)(C)OC1CCc2cccc(NC(=O)NC3CCCC(c4ccc(C(F)(F)F)cc4)C3)c2C1. The van der Waals surface area contributed by atoms with E-state index in [4.69, 9.17) is 4.43 Å². The van der Waals surface area contributed by atoms with Gasteiger partial charge in [0.1, 0.15) is 0 Å². The first-order chi connectivity index (χ1) is 17.7. The number of carbonyl (C=O) groups is 1. The standard InChI is InChI=1S/C30H41F3N2O2Si/c1-29(2,3)38(4,5)37-25-17-14-21-8-7-11-27(26(21)19-25)35-28(36)34-24-10-6-9-22(18-24)20-12-15-23(16-13-20)30(31,32)33/h7-8,11-13,15-16,22,24-25H,6,9-10,14,17-19H2,1-5H3,(H2,34,35,36). The van der Waals surface area contributed by atoms with E-state index >= 15 is 0 Å². The van der Waals surface area contributed by atoms with Crippen molar-refractivity contribution in [2.75, 3.05) is 5.32 Å². The number of anilines is 1. The summed E-state index contributed by atoms with van der Waals surface area (Å²) in [4.78, 5) is 13.0. The fourth-order valence-electron chi connectivity index (χ4n) is 5.48. The number of amides is 2. The highest BCUT2D eigenvalue weighted by Gasteiger charge is 2.40. The van der Waals surface area contributed by atoms with Gasteiger partial charge in [-0.15, -0.1) is 0 Å². The van der Waals surface area contributed by atoms with E-state index in [-0.39, 0.29) is 29.1 Å². The molecule has 2 amide bonds. The van der Waals surface area contributed by atoms with Gasteiger partial charge in [-0.25, -0.2) is 4.79 Å². The molecular formula is C30H41F3N2O2Si. The van der Waals surface area contributed by atoms with Crippen LogP contribution in [0.15, 0.2) is 42.5 Å². The first kappa shape index (κ1) is 28.7. The molecule has 0 heterocycles. The van der Waals surface area contributed by atoms with Gasteiger partial charge in [-0.2, -0.15) is 13.2 Å². The molecule has 0 aliphatic heterocycles. The number of hydrogen-bond acceptors (Lipinski definition) is 2. The Labute approximate surface area is 225 Å². The maximum atomic E-state index is 13.0. The lowest BCUT2D eigenvalue weighted by molar-refractivity contribution is -0.137. The van der Waals surface area contributed by atoms with E-state index in [9.17, 15) is 18.0 Å². The van der Waals surface area contributed by atoms with Crippen LogP contribution in [0.3, 0.4) is 0 Å². The smallest absolute Gasteiger partial charge is 0.414 e. The number of hydrogen-bond donors (Lipinski definition) is 2. The van der Waals surface area contributed by atoms with Crippen molar-refractivity contribution >= 4 is 20.0 Å². The third-order valence-corrected chi connectivity index (χ3v) is 13.2. The molecule has 3 unspecified atom stereocenters. The Morgan fingerprint density at radius 1 is 1.00 bits per heavy atom. The van der Waals surface area contributed by atoms with Crippen molar-refractivity contribution in [2.45, 2.75) is 108 Å². The van der Waals surface area contributed by atoms with Crippen LogP contribution in [-0.2, 0) is 23.4 Å². The van der Waals surface area contributed by atoms with Gasteiger partial charge >= 0.3 is 12.2 Å². The molecule has 1 fully saturated rings. The Kier molecular flexibility index (Phi) is 8.33. The monoisotopic (exact) mass is 546 g/mol. The second-order valence-corrected chi connectivity index (χ2v) is 17.2. The topological polar surface area (TPSA) is 50.4 Å². The van der Waals surface area contributed by atoms with Crippen molar-refractivity contribution in [3.63, 3.8) is 0 Å². The molecule has 38 heavy (non-hydrogen) atoms. The van der Waals surface area contributed by atoms with Gasteiger partial charge in [0.2, 0.25) is 0 Å². The molecule has 2 aliphatic rings. The molecule has 4 nitrogen and oxygen atoms in total. The van der Waals surface area contributed by atoms with Gasteiger partial charge in [-0.3, -0.25) is 0 Å². The molecule has 8 heteroatoms. The number of urea groups is 1. The number of nitrogens with one attached hydrogen (secondary N) is 2. The van der Waals surface area contributed by atoms with Crippen molar-refractivity contribution in [2.24, 2.45) is 0 Å². The van der Waals surface area contributed by atoms with E-state index in [1.165, 1.54) is 5.56 Å². The molecule has 2 N–H and O–H groups in total. The quantitative estimate of drug-likeness (QED) is 0.370. The largest absolute Gasteiger partial charge is 0.416 e. The van der Waals surface area contributed by atoms with Crippen LogP contribution < -0.4 is 10.6 Å². The fourth-order valence-corrected chi connectivity index (χ4v) is 6.87. The molecule has 1 saturated carbocycles. The van der Waals surface area contributed by atoms with E-state index in [0.717, 1.165) is 67.5 Å². The molecule has 0 saturated heterocycles. The van der Waals surface area contributed by atoms with Crippen LogP contribution in [0.5, 0.6) is 0 Å². The zero-order valence-corrected chi connectivity index (χ0v) is 24.2. The third-order valence-electron chi connectivity index (χ3n) is 8.68. The van der Waals surface area contributed by atoms with E-state index in [1.807, 2.05) is 12.1 Å². The van der Waals surface area contributed by atoms with Crippen LogP contribution in [0, 0.1) is 0 Å². The zero-order chi connectivity index (χ0) is 27.7. The Hall–Kier alpha value is -2.32. The fraction of sp³-hybridized carbons (Fsp3) is 0.567. The normalized spacial score (nSPS) is 22.5. The minimum Gasteiger partial charge on any atom is -0.414 e. The summed E-state index contributed by atoms with van der Waals surface area (Å²) in [7, 11) is -1.90. The lowest BCUT2D eigenvalue weighted by Gasteiger charge is -2.40. The second kappa shape index (κ2) is 11.0. The van der Waals surface area contributed by atoms with Crippen LogP contribution in [0.25, 0.3) is 0 Å². The first-order valence-electron chi connectivity index (χ1n) is 13.8. The van der Waals surface area contributed by atoms with E-state index in [2.05, 4.69) is 50.6 Å². The predicted octanol–water partition coefficient (Wildman–Crippen LogP) is 8.43. The van der Waals surface area contributed by atoms with Gasteiger partial charge < -0.3 is 15.1 Å². The number of halogens is 3. The zero-order valence-electron chi connectivity index (χ0n) is 23.2. The predicted molar refractivity (Wildman–Crippen MR) is 149 cm³/mol. The highest BCUT2D eigenvalue weighted by molar-refractivity contribution is 6.74. The highest BCUT2D eigenvalue weighted by atomic mass is 28.4. The number of fused-ring (bicyclic) bond motifs is 1. The van der Waals surface area contributed by atoms with Crippen LogP contribution in [0.1, 0.15) is 81.0 Å². The first-order valence-corrected chi connectivity index (χ1v) is 16.7. The summed E-state index contributed by atoms with van der Waals surface area (Å²) < 4.78 is 45.5. The number of rotatable bonds is 5. The second-order valence-electron chi connectivity index (χ2n) is 12.5. The van der Waals surface area contributed by atoms with Crippen molar-refractivity contribution < 1.29 is 22.4 Å². The molecule has 4 rings (SSSR count). The average molecular weight is 547 g/mol. The molecule has 0 aromatic heterocycles. The van der Waals surface area contributed by atoms with Gasteiger partial charge in [-0.05, 0) is 97.5 Å². The van der Waals surface area contributed by atoms with Crippen LogP contribution in [0.2, 0.25) is 18.1 Å². The summed E-state index contributed by atoms with van der Waals surface area (Å²) in [6.07, 6.45) is 1.94. The molecule has 2 aliphatic carbocycles. The van der Waals surface area contributed by atoms with Crippen LogP contribution in [0.4, 0.5) is 23.7 Å². The Morgan fingerprint density at radius 3 is 2.37 bits per heavy atom. The summed E-state index contributed by atoms with van der Waals surface area (Å²) in [6.45, 7) is 11.3. The minimum atomic E-state index is -4.33. The molecule has 2 aromatic rings. The van der Waals surface area contributed by atoms with Gasteiger partial charge in [0, 0.05) is 17.8 Å². The van der Waals surface area contributed by atoms with Crippen molar-refractivity contribution in [1.82, 2.24) is 5.32 Å². The Morgan fingerprint density at radius 2 is 1.71 bits per heavy atom. The molecule has 0 spiro atoms. The molecule has 0 bridgehead atoms. The van der Waals surface area contributed by atoms with Gasteiger partial charge in [0.25, 0.3) is 0 Å². The number of aryl methyl sites for hydroxylation is 1. The van der Waals surface area contributed by atoms with Gasteiger partial charge in [-0.1, -0.05) is 51.5 Å². The highest BCUT2D eigenvalue weighted by Crippen LogP contribution is 2.40. The average Bonchev–Trinajstić information content (AvgIpc) is 2.83. The van der Waals surface area contributed by atoms with Crippen LogP contribution in [-0.4, -0.2) is 26.5 Å². The van der Waals surface area contributed by atoms with Crippen LogP contribution >= 0.6 is 0 Å². The van der Waals surface area contributed by atoms with Crippen molar-refractivity contribution in [3.8, 4) is 0 Å². The number of alkyl halides is 3. The number of benzene rings is 2. The Balaban J connectivity index is 1.38. The summed E-state index contributed by atoms with van der Waals surface area (Å²) in [5, 5.41) is 6.36. The lowest BCUT2D eigenvalue weighted by atomic mass is 9.81. The maximum absolute atomic E-state index is 13.0. The summed E-state index contributed by atoms with van der Waals surface area (Å²) in [6, 6.07) is 11.3. The van der Waals surface area contributed by atoms with E-state index in [1.54, 1.807) is 12.1 Å². The van der Waals surface area contributed by atoms with Gasteiger partial charge in [0.15, 0.2) is 8.32 Å². The lowest BCUT2D eigenvalue weighted by Crippen LogP contribution is -2.45. The Bertz CT molecular complexity index is 1130. The molecule has 0 radical (unpaired) electrons. The summed E-state index contributed by atoms with van der Waals surface area (Å²) >= 11 is 0. The molecular weight excluding hydrogens is 505 g/mol. The summed E-state index contributed by atoms with van der Waals surface area (Å²) in [5.41, 5.74) is 3.52. The molecule has 2 aromatic carbocycles. The molecule has 3 atom stereocenters. The van der Waals surface area contributed by atoms with Crippen molar-refractivity contribution in [1.29, 1.82) is 0 Å². The summed E-state index contributed by atoms with van der Waals surface area (Å²) in [5.74, 6) is 0.133. The third kappa shape index (κ3) is 6.81. The maximum Gasteiger partial charge on any atom is 0.416 e. The number of carbonyl (C=O) groups excluding carboxylic acids is 1. The van der Waals surface area contributed by atoms with Crippen molar-refractivity contribution in [3.05, 3.63) is 64.7 Å². The minimum absolute atomic E-state index is 0.0229. The van der Waals surface area contributed by atoms with E-state index in [0.29, 0.717) is 6.42 Å². The van der Waals surface area contributed by atoms with Gasteiger partial charge in [0.05, 0.1) is 5.56 Å². The molecule has 208 valence electrons.